The van der Waals surface area contributed by atoms with Crippen molar-refractivity contribution in [3.05, 3.63) is 23.9 Å². The van der Waals surface area contributed by atoms with Crippen LogP contribution in [0.15, 0.2) is 18.3 Å². The van der Waals surface area contributed by atoms with Crippen molar-refractivity contribution in [3.8, 4) is 0 Å². The molecule has 0 aliphatic carbocycles. The van der Waals surface area contributed by atoms with Crippen LogP contribution in [0.3, 0.4) is 0 Å². The Bertz CT molecular complexity index is 613. The molecule has 0 radical (unpaired) electrons. The summed E-state index contributed by atoms with van der Waals surface area (Å²) in [4.78, 5) is 19.9. The van der Waals surface area contributed by atoms with Crippen molar-refractivity contribution in [2.45, 2.75) is 12.5 Å². The van der Waals surface area contributed by atoms with Crippen LogP contribution in [0, 0.1) is 0 Å². The van der Waals surface area contributed by atoms with Gasteiger partial charge in [-0.25, -0.2) is 13.4 Å². The maximum atomic E-state index is 12.4. The van der Waals surface area contributed by atoms with Gasteiger partial charge in [-0.2, -0.15) is 0 Å². The summed E-state index contributed by atoms with van der Waals surface area (Å²) in [5.74, 6) is 0.746. The molecule has 1 fully saturated rings. The molecular formula is C13H19N3O3S. The third-order valence-electron chi connectivity index (χ3n) is 3.53. The fraction of sp³-hybridized carbons (Fsp3) is 0.538. The van der Waals surface area contributed by atoms with Crippen LogP contribution in [0.2, 0.25) is 0 Å². The fourth-order valence-corrected chi connectivity index (χ4v) is 4.02. The molecule has 1 aromatic heterocycles. The smallest absolute Gasteiger partial charge is 0.254 e. The van der Waals surface area contributed by atoms with Crippen molar-refractivity contribution in [1.29, 1.82) is 0 Å². The number of hydrogen-bond acceptors (Lipinski definition) is 5. The molecule has 7 heteroatoms. The number of nitrogens with zero attached hydrogens (tertiary/aromatic N) is 3. The Hall–Kier alpha value is -1.63. The number of sulfone groups is 1. The Balaban J connectivity index is 2.17. The van der Waals surface area contributed by atoms with Crippen LogP contribution in [0.25, 0.3) is 0 Å². The lowest BCUT2D eigenvalue weighted by Crippen LogP contribution is -2.37. The van der Waals surface area contributed by atoms with Crippen molar-refractivity contribution >= 4 is 21.6 Å². The number of aromatic nitrogens is 1. The molecule has 0 bridgehead atoms. The number of carbonyl (C=O) groups is 1. The predicted octanol–water partition coefficient (Wildman–Crippen LogP) is 0.407. The average molecular weight is 297 g/mol. The Morgan fingerprint density at radius 3 is 2.60 bits per heavy atom. The van der Waals surface area contributed by atoms with E-state index in [4.69, 9.17) is 0 Å². The first kappa shape index (κ1) is 14.8. The van der Waals surface area contributed by atoms with Crippen molar-refractivity contribution < 1.29 is 13.2 Å². The summed E-state index contributed by atoms with van der Waals surface area (Å²) in [5.41, 5.74) is 0.524. The number of anilines is 1. The minimum atomic E-state index is -2.99. The van der Waals surface area contributed by atoms with Crippen molar-refractivity contribution in [3.63, 3.8) is 0 Å². The van der Waals surface area contributed by atoms with E-state index in [0.717, 1.165) is 0 Å². The van der Waals surface area contributed by atoms with Crippen LogP contribution in [-0.2, 0) is 9.84 Å². The Kier molecular flexibility index (Phi) is 3.99. The number of amides is 1. The highest BCUT2D eigenvalue weighted by atomic mass is 32.2. The molecule has 0 saturated carbocycles. The van der Waals surface area contributed by atoms with E-state index in [9.17, 15) is 13.2 Å². The molecule has 1 atom stereocenters. The normalized spacial score (nSPS) is 20.6. The summed E-state index contributed by atoms with van der Waals surface area (Å²) >= 11 is 0. The molecule has 0 aromatic carbocycles. The van der Waals surface area contributed by atoms with Crippen molar-refractivity contribution in [2.75, 3.05) is 37.5 Å². The molecule has 1 aliphatic rings. The van der Waals surface area contributed by atoms with Gasteiger partial charge >= 0.3 is 0 Å². The highest BCUT2D eigenvalue weighted by molar-refractivity contribution is 7.91. The zero-order chi connectivity index (χ0) is 14.9. The lowest BCUT2D eigenvalue weighted by atomic mass is 10.1. The van der Waals surface area contributed by atoms with E-state index in [-0.39, 0.29) is 23.5 Å². The highest BCUT2D eigenvalue weighted by Gasteiger charge is 2.33. The quantitative estimate of drug-likeness (QED) is 0.808. The lowest BCUT2D eigenvalue weighted by molar-refractivity contribution is 0.0747. The molecule has 0 N–H and O–H groups in total. The summed E-state index contributed by atoms with van der Waals surface area (Å²) < 4.78 is 23.0. The Morgan fingerprint density at radius 2 is 2.05 bits per heavy atom. The topological polar surface area (TPSA) is 70.6 Å². The summed E-state index contributed by atoms with van der Waals surface area (Å²) in [6, 6.07) is 3.13. The third kappa shape index (κ3) is 3.09. The van der Waals surface area contributed by atoms with E-state index in [2.05, 4.69) is 4.98 Å². The van der Waals surface area contributed by atoms with Crippen LogP contribution >= 0.6 is 0 Å². The Morgan fingerprint density at radius 1 is 1.35 bits per heavy atom. The van der Waals surface area contributed by atoms with Gasteiger partial charge in [-0.3, -0.25) is 4.79 Å². The number of pyridine rings is 1. The second-order valence-electron chi connectivity index (χ2n) is 5.27. The summed E-state index contributed by atoms with van der Waals surface area (Å²) in [7, 11) is 2.37. The van der Waals surface area contributed by atoms with Gasteiger partial charge in [0.05, 0.1) is 11.5 Å². The zero-order valence-corrected chi connectivity index (χ0v) is 12.7. The fourth-order valence-electron chi connectivity index (χ4n) is 2.25. The second-order valence-corrected chi connectivity index (χ2v) is 7.50. The first-order valence-electron chi connectivity index (χ1n) is 6.41. The molecule has 0 unspecified atom stereocenters. The van der Waals surface area contributed by atoms with E-state index >= 15 is 0 Å². The van der Waals surface area contributed by atoms with E-state index in [1.165, 1.54) is 4.90 Å². The van der Waals surface area contributed by atoms with Gasteiger partial charge in [0.1, 0.15) is 5.82 Å². The molecule has 1 saturated heterocycles. The van der Waals surface area contributed by atoms with Gasteiger partial charge in [0.15, 0.2) is 9.84 Å². The van der Waals surface area contributed by atoms with Gasteiger partial charge in [0.2, 0.25) is 0 Å². The minimum Gasteiger partial charge on any atom is -0.363 e. The maximum Gasteiger partial charge on any atom is 0.254 e. The van der Waals surface area contributed by atoms with Crippen LogP contribution < -0.4 is 4.90 Å². The minimum absolute atomic E-state index is 0.0564. The molecular weight excluding hydrogens is 278 g/mol. The van der Waals surface area contributed by atoms with Crippen molar-refractivity contribution in [2.24, 2.45) is 0 Å². The molecule has 20 heavy (non-hydrogen) atoms. The third-order valence-corrected chi connectivity index (χ3v) is 5.28. The van der Waals surface area contributed by atoms with Crippen molar-refractivity contribution in [1.82, 2.24) is 9.88 Å². The average Bonchev–Trinajstić information content (AvgIpc) is 2.77. The number of rotatable bonds is 3. The van der Waals surface area contributed by atoms with Gasteiger partial charge in [-0.15, -0.1) is 0 Å². The van der Waals surface area contributed by atoms with Gasteiger partial charge in [0.25, 0.3) is 5.91 Å². The van der Waals surface area contributed by atoms with E-state index in [1.807, 2.05) is 19.0 Å². The largest absolute Gasteiger partial charge is 0.363 e. The number of hydrogen-bond donors (Lipinski definition) is 0. The Labute approximate surface area is 119 Å². The molecule has 1 amide bonds. The van der Waals surface area contributed by atoms with Gasteiger partial charge in [-0.05, 0) is 18.6 Å². The monoisotopic (exact) mass is 297 g/mol. The molecule has 110 valence electrons. The molecule has 1 aliphatic heterocycles. The highest BCUT2D eigenvalue weighted by Crippen LogP contribution is 2.19. The van der Waals surface area contributed by atoms with E-state index in [0.29, 0.717) is 17.8 Å². The maximum absolute atomic E-state index is 12.4. The standard InChI is InChI=1S/C13H19N3O3S/c1-15(2)12-8-10(4-6-14-12)13(17)16(3)11-5-7-20(18,19)9-11/h4,6,8,11H,5,7,9H2,1-3H3/t11-/m1/s1. The van der Waals surface area contributed by atoms with Crippen LogP contribution in [0.4, 0.5) is 5.82 Å². The molecule has 2 heterocycles. The lowest BCUT2D eigenvalue weighted by Gasteiger charge is -2.23. The summed E-state index contributed by atoms with van der Waals surface area (Å²) in [6.45, 7) is 0. The van der Waals surface area contributed by atoms with E-state index < -0.39 is 9.84 Å². The molecule has 1 aromatic rings. The van der Waals surface area contributed by atoms with Gasteiger partial charge in [-0.1, -0.05) is 0 Å². The zero-order valence-electron chi connectivity index (χ0n) is 11.9. The number of carbonyl (C=O) groups excluding carboxylic acids is 1. The predicted molar refractivity (Wildman–Crippen MR) is 77.7 cm³/mol. The molecule has 6 nitrogen and oxygen atoms in total. The van der Waals surface area contributed by atoms with E-state index in [1.54, 1.807) is 25.4 Å². The SMILES string of the molecule is CN(C)c1cc(C(=O)N(C)[C@@H]2CCS(=O)(=O)C2)ccn1. The summed E-state index contributed by atoms with van der Waals surface area (Å²) in [6.07, 6.45) is 2.10. The first-order chi connectivity index (χ1) is 9.30. The molecule has 2 rings (SSSR count). The van der Waals surface area contributed by atoms with Crippen LogP contribution in [0.5, 0.6) is 0 Å². The second kappa shape index (κ2) is 5.40. The summed E-state index contributed by atoms with van der Waals surface area (Å²) in [5, 5.41) is 0. The van der Waals surface area contributed by atoms with Gasteiger partial charge in [0, 0.05) is 38.9 Å². The van der Waals surface area contributed by atoms with Gasteiger partial charge < -0.3 is 9.80 Å². The molecule has 0 spiro atoms. The van der Waals surface area contributed by atoms with Crippen LogP contribution in [-0.4, -0.2) is 62.9 Å². The van der Waals surface area contributed by atoms with Crippen LogP contribution in [0.1, 0.15) is 16.8 Å². The first-order valence-corrected chi connectivity index (χ1v) is 8.23.